The van der Waals surface area contributed by atoms with Crippen LogP contribution in [0.25, 0.3) is 0 Å². The maximum atomic E-state index is 11.8. The van der Waals surface area contributed by atoms with Gasteiger partial charge in [0, 0.05) is 24.6 Å². The number of rotatable bonds is 6. The topological polar surface area (TPSA) is 84.0 Å². The molecule has 2 aromatic heterocycles. The summed E-state index contributed by atoms with van der Waals surface area (Å²) >= 11 is 2.45. The SMILES string of the molecule is Cc1nsc(NCCNS(=O)(=O)c2cccs2)n1. The van der Waals surface area contributed by atoms with E-state index >= 15 is 0 Å². The normalized spacial score (nSPS) is 11.6. The lowest BCUT2D eigenvalue weighted by molar-refractivity contribution is 0.585. The van der Waals surface area contributed by atoms with E-state index in [2.05, 4.69) is 19.4 Å². The van der Waals surface area contributed by atoms with Crippen molar-refractivity contribution in [3.05, 3.63) is 23.3 Å². The molecule has 0 bridgehead atoms. The molecule has 0 amide bonds. The third-order valence-corrected chi connectivity index (χ3v) is 5.60. The van der Waals surface area contributed by atoms with Crippen molar-refractivity contribution in [2.24, 2.45) is 0 Å². The lowest BCUT2D eigenvalue weighted by Crippen LogP contribution is -2.28. The molecule has 0 aliphatic heterocycles. The summed E-state index contributed by atoms with van der Waals surface area (Å²) < 4.78 is 30.4. The molecule has 6 nitrogen and oxygen atoms in total. The van der Waals surface area contributed by atoms with Crippen LogP contribution in [0.2, 0.25) is 0 Å². The molecule has 0 unspecified atom stereocenters. The first-order valence-corrected chi connectivity index (χ1v) is 8.29. The van der Waals surface area contributed by atoms with E-state index in [-0.39, 0.29) is 0 Å². The van der Waals surface area contributed by atoms with Crippen molar-refractivity contribution in [2.75, 3.05) is 18.4 Å². The Kier molecular flexibility index (Phi) is 4.27. The van der Waals surface area contributed by atoms with Gasteiger partial charge < -0.3 is 5.32 Å². The first-order valence-electron chi connectivity index (χ1n) is 5.15. The van der Waals surface area contributed by atoms with Gasteiger partial charge in [-0.05, 0) is 18.4 Å². The Morgan fingerprint density at radius 2 is 2.22 bits per heavy atom. The minimum absolute atomic E-state index is 0.304. The van der Waals surface area contributed by atoms with Crippen LogP contribution in [-0.2, 0) is 10.0 Å². The van der Waals surface area contributed by atoms with Crippen LogP contribution in [0.1, 0.15) is 5.82 Å². The van der Waals surface area contributed by atoms with E-state index < -0.39 is 10.0 Å². The monoisotopic (exact) mass is 304 g/mol. The highest BCUT2D eigenvalue weighted by molar-refractivity contribution is 7.91. The molecule has 2 rings (SSSR count). The van der Waals surface area contributed by atoms with E-state index in [0.29, 0.717) is 28.3 Å². The maximum Gasteiger partial charge on any atom is 0.250 e. The molecule has 0 aromatic carbocycles. The third-order valence-electron chi connectivity index (χ3n) is 1.98. The summed E-state index contributed by atoms with van der Waals surface area (Å²) in [6, 6.07) is 3.29. The molecule has 98 valence electrons. The van der Waals surface area contributed by atoms with Gasteiger partial charge in [0.2, 0.25) is 15.2 Å². The zero-order valence-electron chi connectivity index (χ0n) is 9.58. The predicted octanol–water partition coefficient (Wildman–Crippen LogP) is 1.30. The van der Waals surface area contributed by atoms with Gasteiger partial charge in [-0.2, -0.15) is 4.37 Å². The van der Waals surface area contributed by atoms with Crippen LogP contribution in [0.15, 0.2) is 21.7 Å². The van der Waals surface area contributed by atoms with Gasteiger partial charge in [-0.25, -0.2) is 18.1 Å². The van der Waals surface area contributed by atoms with Crippen molar-refractivity contribution < 1.29 is 8.42 Å². The number of sulfonamides is 1. The highest BCUT2D eigenvalue weighted by atomic mass is 32.2. The van der Waals surface area contributed by atoms with Crippen LogP contribution in [0.3, 0.4) is 0 Å². The quantitative estimate of drug-likeness (QED) is 0.786. The van der Waals surface area contributed by atoms with Crippen LogP contribution in [-0.4, -0.2) is 30.9 Å². The van der Waals surface area contributed by atoms with E-state index in [9.17, 15) is 8.42 Å². The average Bonchev–Trinajstić information content (AvgIpc) is 2.95. The number of thiophene rings is 1. The summed E-state index contributed by atoms with van der Waals surface area (Å²) in [5.41, 5.74) is 0. The van der Waals surface area contributed by atoms with Crippen molar-refractivity contribution in [1.82, 2.24) is 14.1 Å². The molecule has 0 fully saturated rings. The summed E-state index contributed by atoms with van der Waals surface area (Å²) in [4.78, 5) is 4.12. The van der Waals surface area contributed by atoms with Crippen molar-refractivity contribution in [2.45, 2.75) is 11.1 Å². The molecule has 0 aliphatic rings. The van der Waals surface area contributed by atoms with Crippen LogP contribution in [0.5, 0.6) is 0 Å². The second-order valence-electron chi connectivity index (χ2n) is 3.40. The van der Waals surface area contributed by atoms with Crippen LogP contribution in [0.4, 0.5) is 5.13 Å². The number of aromatic nitrogens is 2. The van der Waals surface area contributed by atoms with Crippen LogP contribution < -0.4 is 10.0 Å². The third kappa shape index (κ3) is 3.48. The van der Waals surface area contributed by atoms with Gasteiger partial charge in [-0.3, -0.25) is 0 Å². The van der Waals surface area contributed by atoms with Crippen molar-refractivity contribution >= 4 is 38.0 Å². The molecule has 2 N–H and O–H groups in total. The molecule has 2 aromatic rings. The molecule has 9 heteroatoms. The molecule has 0 radical (unpaired) electrons. The summed E-state index contributed by atoms with van der Waals surface area (Å²) in [6.45, 7) is 2.58. The summed E-state index contributed by atoms with van der Waals surface area (Å²) in [7, 11) is -3.37. The Morgan fingerprint density at radius 1 is 1.39 bits per heavy atom. The fourth-order valence-electron chi connectivity index (χ4n) is 1.21. The van der Waals surface area contributed by atoms with Crippen LogP contribution in [0, 0.1) is 6.92 Å². The summed E-state index contributed by atoms with van der Waals surface area (Å²) in [5.74, 6) is 0.710. The number of anilines is 1. The Labute approximate surface area is 113 Å². The highest BCUT2D eigenvalue weighted by Crippen LogP contribution is 2.15. The second-order valence-corrected chi connectivity index (χ2v) is 7.10. The molecule has 0 saturated carbocycles. The van der Waals surface area contributed by atoms with Crippen molar-refractivity contribution in [3.63, 3.8) is 0 Å². The van der Waals surface area contributed by atoms with E-state index in [4.69, 9.17) is 0 Å². The molecule has 2 heterocycles. The van der Waals surface area contributed by atoms with Gasteiger partial charge in [0.15, 0.2) is 0 Å². The Bertz CT molecular complexity index is 591. The van der Waals surface area contributed by atoms with Crippen molar-refractivity contribution in [1.29, 1.82) is 0 Å². The lowest BCUT2D eigenvalue weighted by atomic mass is 10.6. The predicted molar refractivity (Wildman–Crippen MR) is 72.6 cm³/mol. The minimum atomic E-state index is -3.37. The lowest BCUT2D eigenvalue weighted by Gasteiger charge is -2.04. The molecular weight excluding hydrogens is 292 g/mol. The van der Waals surface area contributed by atoms with Gasteiger partial charge in [-0.15, -0.1) is 11.3 Å². The fourth-order valence-corrected chi connectivity index (χ4v) is 3.88. The largest absolute Gasteiger partial charge is 0.359 e. The van der Waals surface area contributed by atoms with E-state index in [1.807, 2.05) is 0 Å². The van der Waals surface area contributed by atoms with Gasteiger partial charge >= 0.3 is 0 Å². The second kappa shape index (κ2) is 5.74. The first kappa shape index (κ1) is 13.4. The van der Waals surface area contributed by atoms with Gasteiger partial charge in [0.05, 0.1) is 0 Å². The maximum absolute atomic E-state index is 11.8. The molecule has 0 spiro atoms. The standard InChI is InChI=1S/C9H12N4O2S3/c1-7-12-9(17-13-7)10-4-5-11-18(14,15)8-3-2-6-16-8/h2-3,6,11H,4-5H2,1H3,(H,10,12,13). The van der Waals surface area contributed by atoms with Gasteiger partial charge in [0.1, 0.15) is 10.0 Å². The van der Waals surface area contributed by atoms with Crippen molar-refractivity contribution in [3.8, 4) is 0 Å². The minimum Gasteiger partial charge on any atom is -0.359 e. The van der Waals surface area contributed by atoms with Gasteiger partial charge in [0.25, 0.3) is 0 Å². The zero-order valence-corrected chi connectivity index (χ0v) is 12.0. The first-order chi connectivity index (χ1) is 8.58. The van der Waals surface area contributed by atoms with Crippen LogP contribution >= 0.6 is 22.9 Å². The number of nitrogens with zero attached hydrogens (tertiary/aromatic N) is 2. The number of hydrogen-bond donors (Lipinski definition) is 2. The average molecular weight is 304 g/mol. The smallest absolute Gasteiger partial charge is 0.250 e. The molecular formula is C9H12N4O2S3. The Hall–Kier alpha value is -1.03. The molecule has 0 atom stereocenters. The Morgan fingerprint density at radius 3 is 2.83 bits per heavy atom. The summed E-state index contributed by atoms with van der Waals surface area (Å²) in [6.07, 6.45) is 0. The number of hydrogen-bond acceptors (Lipinski definition) is 7. The molecule has 0 aliphatic carbocycles. The van der Waals surface area contributed by atoms with E-state index in [1.54, 1.807) is 24.4 Å². The number of aryl methyl sites for hydroxylation is 1. The van der Waals surface area contributed by atoms with E-state index in [1.165, 1.54) is 22.9 Å². The number of nitrogens with one attached hydrogen (secondary N) is 2. The fraction of sp³-hybridized carbons (Fsp3) is 0.333. The molecule has 0 saturated heterocycles. The van der Waals surface area contributed by atoms with E-state index in [0.717, 1.165) is 0 Å². The highest BCUT2D eigenvalue weighted by Gasteiger charge is 2.13. The van der Waals surface area contributed by atoms with Gasteiger partial charge in [-0.1, -0.05) is 6.07 Å². The zero-order chi connectivity index (χ0) is 13.0. The summed E-state index contributed by atoms with van der Waals surface area (Å²) in [5, 5.41) is 5.43. The molecule has 18 heavy (non-hydrogen) atoms. The Balaban J connectivity index is 1.79.